The van der Waals surface area contributed by atoms with Crippen LogP contribution in [0, 0.1) is 11.6 Å². The second kappa shape index (κ2) is 6.05. The molecule has 2 aromatic rings. The second-order valence-electron chi connectivity index (χ2n) is 4.23. The largest absolute Gasteiger partial charge is 0.495 e. The highest BCUT2D eigenvalue weighted by Crippen LogP contribution is 2.31. The van der Waals surface area contributed by atoms with Crippen molar-refractivity contribution in [1.29, 1.82) is 0 Å². The van der Waals surface area contributed by atoms with Gasteiger partial charge in [-0.25, -0.2) is 22.2 Å². The average molecular weight is 349 g/mol. The van der Waals surface area contributed by atoms with E-state index >= 15 is 0 Å². The molecule has 118 valence electrons. The quantitative estimate of drug-likeness (QED) is 0.852. The normalized spacial score (nSPS) is 11.3. The van der Waals surface area contributed by atoms with Crippen LogP contribution in [-0.2, 0) is 10.0 Å². The molecule has 1 aromatic carbocycles. The Morgan fingerprint density at radius 2 is 1.95 bits per heavy atom. The van der Waals surface area contributed by atoms with Crippen LogP contribution in [-0.4, -0.2) is 27.6 Å². The van der Waals surface area contributed by atoms with E-state index in [2.05, 4.69) is 4.98 Å². The molecule has 0 atom stereocenters. The molecule has 9 heteroatoms. The lowest BCUT2D eigenvalue weighted by Crippen LogP contribution is -2.28. The summed E-state index contributed by atoms with van der Waals surface area (Å²) in [5.74, 6) is -2.51. The molecule has 0 radical (unpaired) electrons. The van der Waals surface area contributed by atoms with Crippen molar-refractivity contribution in [3.8, 4) is 5.75 Å². The number of methoxy groups -OCH3 is 1. The van der Waals surface area contributed by atoms with Gasteiger partial charge in [0, 0.05) is 18.1 Å². The Bertz CT molecular complexity index is 815. The van der Waals surface area contributed by atoms with Crippen molar-refractivity contribution < 1.29 is 21.9 Å². The first-order valence-electron chi connectivity index (χ1n) is 5.91. The lowest BCUT2D eigenvalue weighted by atomic mass is 10.3. The van der Waals surface area contributed by atoms with E-state index in [9.17, 15) is 17.2 Å². The average Bonchev–Trinajstić information content (AvgIpc) is 2.46. The first kappa shape index (κ1) is 16.4. The minimum atomic E-state index is -4.19. The van der Waals surface area contributed by atoms with Gasteiger partial charge in [0.15, 0.2) is 11.6 Å². The van der Waals surface area contributed by atoms with Crippen LogP contribution in [0.15, 0.2) is 35.4 Å². The third-order valence-electron chi connectivity index (χ3n) is 2.85. The lowest BCUT2D eigenvalue weighted by Gasteiger charge is -2.20. The number of aromatic nitrogens is 1. The van der Waals surface area contributed by atoms with E-state index in [1.54, 1.807) is 0 Å². The fraction of sp³-hybridized carbons (Fsp3) is 0.154. The maximum absolute atomic E-state index is 13.7. The number of halogens is 3. The molecular weight excluding hydrogens is 338 g/mol. The first-order chi connectivity index (χ1) is 10.3. The maximum Gasteiger partial charge on any atom is 0.269 e. The van der Waals surface area contributed by atoms with Crippen LogP contribution in [0.3, 0.4) is 0 Å². The topological polar surface area (TPSA) is 59.5 Å². The van der Waals surface area contributed by atoms with Crippen LogP contribution in [0.5, 0.6) is 5.75 Å². The van der Waals surface area contributed by atoms with Gasteiger partial charge in [0.2, 0.25) is 0 Å². The third kappa shape index (κ3) is 2.97. The molecule has 2 rings (SSSR count). The highest BCUT2D eigenvalue weighted by Gasteiger charge is 2.28. The summed E-state index contributed by atoms with van der Waals surface area (Å²) in [6.45, 7) is 0. The summed E-state index contributed by atoms with van der Waals surface area (Å²) >= 11 is 5.80. The number of ether oxygens (including phenoxy) is 1. The number of benzene rings is 1. The van der Waals surface area contributed by atoms with Gasteiger partial charge in [-0.1, -0.05) is 11.6 Å². The summed E-state index contributed by atoms with van der Waals surface area (Å²) in [4.78, 5) is 3.22. The summed E-state index contributed by atoms with van der Waals surface area (Å²) in [7, 11) is -1.81. The summed E-state index contributed by atoms with van der Waals surface area (Å²) < 4.78 is 57.4. The van der Waals surface area contributed by atoms with Crippen molar-refractivity contribution in [3.05, 3.63) is 47.1 Å². The van der Waals surface area contributed by atoms with E-state index in [1.807, 2.05) is 0 Å². The number of sulfonamides is 1. The van der Waals surface area contributed by atoms with Crippen LogP contribution in [0.25, 0.3) is 0 Å². The minimum absolute atomic E-state index is 0.0405. The Morgan fingerprint density at radius 1 is 1.27 bits per heavy atom. The number of hydrogen-bond donors (Lipinski definition) is 0. The molecule has 0 aliphatic rings. The third-order valence-corrected chi connectivity index (χ3v) is 4.85. The predicted molar refractivity (Wildman–Crippen MR) is 77.7 cm³/mol. The molecule has 0 amide bonds. The Labute approximate surface area is 131 Å². The van der Waals surface area contributed by atoms with Gasteiger partial charge in [-0.2, -0.15) is 0 Å². The summed E-state index contributed by atoms with van der Waals surface area (Å²) in [6.07, 6.45) is 0.722. The van der Waals surface area contributed by atoms with Crippen LogP contribution >= 0.6 is 11.6 Å². The molecule has 0 N–H and O–H groups in total. The van der Waals surface area contributed by atoms with Crippen molar-refractivity contribution in [3.63, 3.8) is 0 Å². The Hall–Kier alpha value is -1.93. The lowest BCUT2D eigenvalue weighted by molar-refractivity contribution is 0.402. The van der Waals surface area contributed by atoms with Gasteiger partial charge < -0.3 is 4.74 Å². The Kier molecular flexibility index (Phi) is 4.52. The molecule has 1 aromatic heterocycles. The molecule has 5 nitrogen and oxygen atoms in total. The van der Waals surface area contributed by atoms with Gasteiger partial charge in [-0.3, -0.25) is 4.31 Å². The highest BCUT2D eigenvalue weighted by molar-refractivity contribution is 7.92. The molecule has 0 aliphatic heterocycles. The van der Waals surface area contributed by atoms with Gasteiger partial charge in [0.05, 0.1) is 13.3 Å². The molecular formula is C13H11ClF2N2O3S. The second-order valence-corrected chi connectivity index (χ2v) is 6.60. The fourth-order valence-electron chi connectivity index (χ4n) is 1.75. The molecule has 0 saturated carbocycles. The molecule has 0 unspecified atom stereocenters. The van der Waals surface area contributed by atoms with Crippen LogP contribution in [0.1, 0.15) is 0 Å². The first-order valence-corrected chi connectivity index (χ1v) is 7.72. The zero-order valence-corrected chi connectivity index (χ0v) is 13.1. The van der Waals surface area contributed by atoms with E-state index in [4.69, 9.17) is 16.3 Å². The Balaban J connectivity index is 2.57. The number of rotatable bonds is 4. The molecule has 0 bridgehead atoms. The maximum atomic E-state index is 13.7. The van der Waals surface area contributed by atoms with Crippen molar-refractivity contribution in [2.24, 2.45) is 0 Å². The number of nitrogens with zero attached hydrogens (tertiary/aromatic N) is 2. The molecule has 22 heavy (non-hydrogen) atoms. The smallest absolute Gasteiger partial charge is 0.269 e. The van der Waals surface area contributed by atoms with Crippen molar-refractivity contribution in [1.82, 2.24) is 4.98 Å². The number of hydrogen-bond acceptors (Lipinski definition) is 4. The van der Waals surface area contributed by atoms with E-state index in [0.717, 1.165) is 13.2 Å². The molecule has 0 spiro atoms. The van der Waals surface area contributed by atoms with Gasteiger partial charge in [0.1, 0.15) is 16.5 Å². The molecule has 0 fully saturated rings. The monoisotopic (exact) mass is 348 g/mol. The fourth-order valence-corrected chi connectivity index (χ4v) is 3.33. The zero-order valence-electron chi connectivity index (χ0n) is 11.5. The standard InChI is InChI=1S/C13H11ClF2N2O3S/c1-18(13-10(16)6-9(15)7-17-13)22(19,20)12-5-8(14)3-4-11(12)21-2/h3-7H,1-2H3. The van der Waals surface area contributed by atoms with E-state index < -0.39 is 27.5 Å². The summed E-state index contributed by atoms with van der Waals surface area (Å²) in [5.41, 5.74) is 0. The van der Waals surface area contributed by atoms with Gasteiger partial charge in [-0.15, -0.1) is 0 Å². The van der Waals surface area contributed by atoms with Crippen molar-refractivity contribution >= 4 is 27.4 Å². The zero-order chi connectivity index (χ0) is 16.5. The van der Waals surface area contributed by atoms with Crippen molar-refractivity contribution in [2.45, 2.75) is 4.90 Å². The number of anilines is 1. The minimum Gasteiger partial charge on any atom is -0.495 e. The van der Waals surface area contributed by atoms with E-state index in [1.165, 1.54) is 25.3 Å². The summed E-state index contributed by atoms with van der Waals surface area (Å²) in [5, 5.41) is 0.167. The van der Waals surface area contributed by atoms with Crippen LogP contribution in [0.2, 0.25) is 5.02 Å². The Morgan fingerprint density at radius 3 is 2.55 bits per heavy atom. The molecule has 1 heterocycles. The summed E-state index contributed by atoms with van der Waals surface area (Å²) in [6, 6.07) is 4.55. The molecule has 0 aliphatic carbocycles. The van der Waals surface area contributed by atoms with Gasteiger partial charge in [0.25, 0.3) is 10.0 Å². The van der Waals surface area contributed by atoms with E-state index in [0.29, 0.717) is 10.4 Å². The van der Waals surface area contributed by atoms with E-state index in [-0.39, 0.29) is 15.7 Å². The SMILES string of the molecule is COc1ccc(Cl)cc1S(=O)(=O)N(C)c1ncc(F)cc1F. The van der Waals surface area contributed by atoms with Gasteiger partial charge in [-0.05, 0) is 18.2 Å². The van der Waals surface area contributed by atoms with Gasteiger partial charge >= 0.3 is 0 Å². The molecule has 0 saturated heterocycles. The van der Waals surface area contributed by atoms with Crippen LogP contribution < -0.4 is 9.04 Å². The predicted octanol–water partition coefficient (Wildman–Crippen LogP) is 2.85. The highest BCUT2D eigenvalue weighted by atomic mass is 35.5. The van der Waals surface area contributed by atoms with Crippen molar-refractivity contribution in [2.75, 3.05) is 18.5 Å². The van der Waals surface area contributed by atoms with Crippen LogP contribution in [0.4, 0.5) is 14.6 Å². The number of pyridine rings is 1.